The minimum absolute atomic E-state index is 0.0273. The smallest absolute Gasteiger partial charge is 0.328 e. The zero-order chi connectivity index (χ0) is 15.4. The molecule has 1 aromatic heterocycles. The maximum Gasteiger partial charge on any atom is 0.328 e. The van der Waals surface area contributed by atoms with Crippen molar-refractivity contribution in [1.82, 2.24) is 14.9 Å². The quantitative estimate of drug-likeness (QED) is 0.249. The van der Waals surface area contributed by atoms with Crippen molar-refractivity contribution in [1.29, 1.82) is 0 Å². The molecule has 2 heterocycles. The summed E-state index contributed by atoms with van der Waals surface area (Å²) in [5.41, 5.74) is 5.39. The molecule has 2 rings (SSSR count). The van der Waals surface area contributed by atoms with Crippen molar-refractivity contribution in [2.45, 2.75) is 18.9 Å². The summed E-state index contributed by atoms with van der Waals surface area (Å²) < 4.78 is 4.69. The lowest BCUT2D eigenvalue weighted by atomic mass is 10.2. The van der Waals surface area contributed by atoms with Gasteiger partial charge in [0, 0.05) is 18.9 Å². The van der Waals surface area contributed by atoms with Crippen molar-refractivity contribution >= 4 is 17.7 Å². The van der Waals surface area contributed by atoms with Crippen LogP contribution in [0.15, 0.2) is 17.5 Å². The SMILES string of the molecule is COC(=O)[C@@H]1CCCN1C(=O)c1nccnc1/C(N)=N/O. The summed E-state index contributed by atoms with van der Waals surface area (Å²) in [6, 6.07) is -0.648. The van der Waals surface area contributed by atoms with Crippen LogP contribution in [0, 0.1) is 0 Å². The van der Waals surface area contributed by atoms with E-state index in [4.69, 9.17) is 15.7 Å². The molecule has 9 nitrogen and oxygen atoms in total. The van der Waals surface area contributed by atoms with Crippen LogP contribution in [0.5, 0.6) is 0 Å². The number of carbonyl (C=O) groups excluding carboxylic acids is 2. The molecular formula is C12H15N5O4. The van der Waals surface area contributed by atoms with Gasteiger partial charge in [0.1, 0.15) is 11.7 Å². The van der Waals surface area contributed by atoms with E-state index < -0.39 is 17.9 Å². The highest BCUT2D eigenvalue weighted by Crippen LogP contribution is 2.21. The molecule has 0 aromatic carbocycles. The predicted octanol–water partition coefficient (Wildman–Crippen LogP) is -0.651. The van der Waals surface area contributed by atoms with E-state index >= 15 is 0 Å². The lowest BCUT2D eigenvalue weighted by molar-refractivity contribution is -0.145. The first-order chi connectivity index (χ1) is 10.1. The van der Waals surface area contributed by atoms with Gasteiger partial charge in [0.05, 0.1) is 7.11 Å². The number of nitrogens with zero attached hydrogens (tertiary/aromatic N) is 4. The molecule has 1 atom stereocenters. The van der Waals surface area contributed by atoms with Crippen LogP contribution in [0.25, 0.3) is 0 Å². The Morgan fingerprint density at radius 2 is 2.10 bits per heavy atom. The van der Waals surface area contributed by atoms with Crippen LogP contribution in [-0.2, 0) is 9.53 Å². The number of esters is 1. The van der Waals surface area contributed by atoms with Crippen LogP contribution >= 0.6 is 0 Å². The summed E-state index contributed by atoms with van der Waals surface area (Å²) in [5, 5.41) is 11.6. The molecule has 0 unspecified atom stereocenters. The average Bonchev–Trinajstić information content (AvgIpc) is 3.02. The van der Waals surface area contributed by atoms with Crippen molar-refractivity contribution in [2.75, 3.05) is 13.7 Å². The highest BCUT2D eigenvalue weighted by Gasteiger charge is 2.37. The summed E-state index contributed by atoms with van der Waals surface area (Å²) in [6.45, 7) is 0.408. The van der Waals surface area contributed by atoms with Crippen molar-refractivity contribution in [2.24, 2.45) is 10.9 Å². The average molecular weight is 293 g/mol. The number of aromatic nitrogens is 2. The van der Waals surface area contributed by atoms with Gasteiger partial charge in [0.25, 0.3) is 5.91 Å². The largest absolute Gasteiger partial charge is 0.467 e. The maximum atomic E-state index is 12.5. The van der Waals surface area contributed by atoms with Gasteiger partial charge in [-0.25, -0.2) is 14.8 Å². The fourth-order valence-corrected chi connectivity index (χ4v) is 2.26. The monoisotopic (exact) mass is 293 g/mol. The molecule has 0 bridgehead atoms. The topological polar surface area (TPSA) is 131 Å². The molecule has 1 saturated heterocycles. The zero-order valence-electron chi connectivity index (χ0n) is 11.4. The molecule has 0 aliphatic carbocycles. The number of methoxy groups -OCH3 is 1. The van der Waals surface area contributed by atoms with E-state index in [1.807, 2.05) is 0 Å². The fraction of sp³-hybridized carbons (Fsp3) is 0.417. The van der Waals surface area contributed by atoms with Gasteiger partial charge in [-0.3, -0.25) is 4.79 Å². The third-order valence-corrected chi connectivity index (χ3v) is 3.24. The highest BCUT2D eigenvalue weighted by atomic mass is 16.5. The molecule has 1 amide bonds. The first-order valence-electron chi connectivity index (χ1n) is 6.27. The lowest BCUT2D eigenvalue weighted by Gasteiger charge is -2.22. The minimum Gasteiger partial charge on any atom is -0.467 e. The second-order valence-corrected chi connectivity index (χ2v) is 4.42. The molecule has 0 radical (unpaired) electrons. The Morgan fingerprint density at radius 3 is 2.71 bits per heavy atom. The summed E-state index contributed by atoms with van der Waals surface area (Å²) in [5.74, 6) is -1.30. The van der Waals surface area contributed by atoms with Gasteiger partial charge in [-0.1, -0.05) is 5.16 Å². The number of likely N-dealkylation sites (tertiary alicyclic amines) is 1. The van der Waals surface area contributed by atoms with Crippen LogP contribution in [0.1, 0.15) is 29.0 Å². The van der Waals surface area contributed by atoms with E-state index in [9.17, 15) is 9.59 Å². The third kappa shape index (κ3) is 2.76. The van der Waals surface area contributed by atoms with Gasteiger partial charge in [-0.2, -0.15) is 0 Å². The molecule has 112 valence electrons. The van der Waals surface area contributed by atoms with Gasteiger partial charge in [-0.15, -0.1) is 0 Å². The number of amides is 1. The summed E-state index contributed by atoms with van der Waals surface area (Å²) in [6.07, 6.45) is 3.86. The number of nitrogens with two attached hydrogens (primary N) is 1. The van der Waals surface area contributed by atoms with E-state index in [0.717, 1.165) is 0 Å². The van der Waals surface area contributed by atoms with Gasteiger partial charge >= 0.3 is 5.97 Å². The highest BCUT2D eigenvalue weighted by molar-refractivity contribution is 6.06. The number of hydrogen-bond donors (Lipinski definition) is 2. The van der Waals surface area contributed by atoms with Crippen molar-refractivity contribution in [3.05, 3.63) is 23.8 Å². The van der Waals surface area contributed by atoms with Crippen LogP contribution in [0.4, 0.5) is 0 Å². The van der Waals surface area contributed by atoms with Crippen LogP contribution < -0.4 is 5.73 Å². The second kappa shape index (κ2) is 6.16. The van der Waals surface area contributed by atoms with E-state index in [1.54, 1.807) is 0 Å². The van der Waals surface area contributed by atoms with E-state index in [0.29, 0.717) is 19.4 Å². The fourth-order valence-electron chi connectivity index (χ4n) is 2.26. The Balaban J connectivity index is 2.34. The Hall–Kier alpha value is -2.71. The molecule has 21 heavy (non-hydrogen) atoms. The van der Waals surface area contributed by atoms with Gasteiger partial charge < -0.3 is 20.6 Å². The molecule has 1 fully saturated rings. The number of rotatable bonds is 3. The molecule has 0 spiro atoms. The lowest BCUT2D eigenvalue weighted by Crippen LogP contribution is -2.42. The number of hydrogen-bond acceptors (Lipinski definition) is 7. The summed E-state index contributed by atoms with van der Waals surface area (Å²) >= 11 is 0. The number of oxime groups is 1. The molecule has 1 aliphatic rings. The number of amidine groups is 1. The standard InChI is InChI=1S/C12H15N5O4/c1-21-12(19)7-3-2-6-17(7)11(18)9-8(10(13)16-20)14-4-5-15-9/h4-5,7,20H,2-3,6H2,1H3,(H2,13,16)/t7-/m0/s1. The van der Waals surface area contributed by atoms with Crippen LogP contribution in [-0.4, -0.2) is 57.5 Å². The molecule has 1 aliphatic heterocycles. The first kappa shape index (κ1) is 14.7. The molecular weight excluding hydrogens is 278 g/mol. The second-order valence-electron chi connectivity index (χ2n) is 4.42. The molecule has 9 heteroatoms. The van der Waals surface area contributed by atoms with Crippen molar-refractivity contribution < 1.29 is 19.5 Å². The molecule has 1 aromatic rings. The Kier molecular flexibility index (Phi) is 4.31. The Bertz CT molecular complexity index is 589. The van der Waals surface area contributed by atoms with Crippen LogP contribution in [0.3, 0.4) is 0 Å². The molecule has 0 saturated carbocycles. The maximum absolute atomic E-state index is 12.5. The normalized spacial score (nSPS) is 18.6. The zero-order valence-corrected chi connectivity index (χ0v) is 11.4. The van der Waals surface area contributed by atoms with E-state index in [1.165, 1.54) is 24.4 Å². The number of carbonyl (C=O) groups is 2. The van der Waals surface area contributed by atoms with Gasteiger partial charge in [0.2, 0.25) is 0 Å². The van der Waals surface area contributed by atoms with Crippen molar-refractivity contribution in [3.63, 3.8) is 0 Å². The van der Waals surface area contributed by atoms with E-state index in [-0.39, 0.29) is 17.2 Å². The Labute approximate surface area is 120 Å². The number of ether oxygens (including phenoxy) is 1. The molecule has 3 N–H and O–H groups in total. The predicted molar refractivity (Wildman–Crippen MR) is 70.6 cm³/mol. The van der Waals surface area contributed by atoms with Crippen LogP contribution in [0.2, 0.25) is 0 Å². The van der Waals surface area contributed by atoms with E-state index in [2.05, 4.69) is 15.1 Å². The Morgan fingerprint density at radius 1 is 1.43 bits per heavy atom. The summed E-state index contributed by atoms with van der Waals surface area (Å²) in [4.78, 5) is 33.4. The van der Waals surface area contributed by atoms with Crippen molar-refractivity contribution in [3.8, 4) is 0 Å². The summed E-state index contributed by atoms with van der Waals surface area (Å²) in [7, 11) is 1.27. The minimum atomic E-state index is -0.648. The van der Waals surface area contributed by atoms with Gasteiger partial charge in [-0.05, 0) is 12.8 Å². The van der Waals surface area contributed by atoms with Gasteiger partial charge in [0.15, 0.2) is 11.5 Å². The third-order valence-electron chi connectivity index (χ3n) is 3.24. The first-order valence-corrected chi connectivity index (χ1v) is 6.27.